The van der Waals surface area contributed by atoms with Crippen LogP contribution in [-0.4, -0.2) is 24.9 Å². The van der Waals surface area contributed by atoms with Gasteiger partial charge in [0.05, 0.1) is 11.4 Å². The number of rotatable bonds is 3. The molecule has 19 heavy (non-hydrogen) atoms. The predicted octanol–water partition coefficient (Wildman–Crippen LogP) is 1.79. The first-order valence-corrected chi connectivity index (χ1v) is 7.09. The molecule has 1 heterocycles. The Kier molecular flexibility index (Phi) is 3.19. The fraction of sp³-hybridized carbons (Fsp3) is 0.533. The number of anilines is 2. The van der Waals surface area contributed by atoms with Crippen LogP contribution in [0.1, 0.15) is 36.0 Å². The maximum atomic E-state index is 12.0. The molecule has 0 radical (unpaired) electrons. The van der Waals surface area contributed by atoms with Crippen LogP contribution in [0.3, 0.4) is 0 Å². The van der Waals surface area contributed by atoms with Gasteiger partial charge in [0.15, 0.2) is 5.78 Å². The lowest BCUT2D eigenvalue weighted by Gasteiger charge is -2.33. The van der Waals surface area contributed by atoms with E-state index in [4.69, 9.17) is 11.5 Å². The molecule has 4 N–H and O–H groups in total. The second-order valence-electron chi connectivity index (χ2n) is 5.76. The van der Waals surface area contributed by atoms with Gasteiger partial charge in [0.2, 0.25) is 0 Å². The second-order valence-corrected chi connectivity index (χ2v) is 5.76. The summed E-state index contributed by atoms with van der Waals surface area (Å²) in [4.78, 5) is 14.2. The fourth-order valence-corrected chi connectivity index (χ4v) is 2.81. The molecule has 1 saturated carbocycles. The van der Waals surface area contributed by atoms with Crippen LogP contribution >= 0.6 is 0 Å². The summed E-state index contributed by atoms with van der Waals surface area (Å²) < 4.78 is 0. The maximum absolute atomic E-state index is 12.0. The van der Waals surface area contributed by atoms with Crippen molar-refractivity contribution in [3.63, 3.8) is 0 Å². The van der Waals surface area contributed by atoms with Gasteiger partial charge in [-0.3, -0.25) is 4.79 Å². The van der Waals surface area contributed by atoms with Gasteiger partial charge < -0.3 is 16.4 Å². The number of nitrogens with zero attached hydrogens (tertiary/aromatic N) is 1. The Labute approximate surface area is 113 Å². The van der Waals surface area contributed by atoms with Crippen molar-refractivity contribution in [2.45, 2.75) is 31.7 Å². The van der Waals surface area contributed by atoms with Gasteiger partial charge in [-0.05, 0) is 43.9 Å². The number of piperidine rings is 1. The molecule has 4 nitrogen and oxygen atoms in total. The van der Waals surface area contributed by atoms with E-state index in [0.29, 0.717) is 5.69 Å². The average molecular weight is 259 g/mol. The van der Waals surface area contributed by atoms with Crippen LogP contribution in [0.5, 0.6) is 0 Å². The molecule has 0 bridgehead atoms. The summed E-state index contributed by atoms with van der Waals surface area (Å²) in [5, 5.41) is 0. The quantitative estimate of drug-likeness (QED) is 0.641. The van der Waals surface area contributed by atoms with Crippen LogP contribution in [0.2, 0.25) is 0 Å². The highest BCUT2D eigenvalue weighted by Crippen LogP contribution is 2.34. The first kappa shape index (κ1) is 12.5. The van der Waals surface area contributed by atoms with Crippen molar-refractivity contribution < 1.29 is 4.79 Å². The normalized spacial score (nSPS) is 23.4. The largest absolute Gasteiger partial charge is 0.397 e. The monoisotopic (exact) mass is 259 g/mol. The maximum Gasteiger partial charge on any atom is 0.166 e. The fourth-order valence-electron chi connectivity index (χ4n) is 2.81. The van der Waals surface area contributed by atoms with E-state index in [0.717, 1.165) is 50.0 Å². The number of carbonyl (C=O) groups is 1. The first-order chi connectivity index (χ1) is 9.15. The Morgan fingerprint density at radius 3 is 2.68 bits per heavy atom. The molecule has 0 aromatic heterocycles. The molecular weight excluding hydrogens is 238 g/mol. The SMILES string of the molecule is Nc1cc(C(=O)C2CC2)ccc1N1CCCC(N)C1. The van der Waals surface area contributed by atoms with Crippen LogP contribution in [0, 0.1) is 5.92 Å². The third-order valence-corrected chi connectivity index (χ3v) is 4.06. The zero-order valence-electron chi connectivity index (χ0n) is 11.1. The Balaban J connectivity index is 1.80. The summed E-state index contributed by atoms with van der Waals surface area (Å²) in [6.07, 6.45) is 4.24. The highest BCUT2D eigenvalue weighted by Gasteiger charge is 2.30. The number of Topliss-reactive ketones (excluding diaryl/α,β-unsaturated/α-hetero) is 1. The average Bonchev–Trinajstić information content (AvgIpc) is 3.22. The second kappa shape index (κ2) is 4.85. The van der Waals surface area contributed by atoms with E-state index in [1.54, 1.807) is 0 Å². The minimum absolute atomic E-state index is 0.223. The minimum atomic E-state index is 0.223. The molecule has 1 saturated heterocycles. The summed E-state index contributed by atoms with van der Waals surface area (Å²) in [6.45, 7) is 1.84. The standard InChI is InChI=1S/C15H21N3O/c16-12-2-1-7-18(9-12)14-6-5-11(8-13(14)17)15(19)10-3-4-10/h5-6,8,10,12H,1-4,7,9,16-17H2. The molecule has 1 aliphatic carbocycles. The van der Waals surface area contributed by atoms with Gasteiger partial charge in [-0.15, -0.1) is 0 Å². The van der Waals surface area contributed by atoms with E-state index < -0.39 is 0 Å². The molecule has 1 atom stereocenters. The van der Waals surface area contributed by atoms with Crippen LogP contribution in [0.15, 0.2) is 18.2 Å². The van der Waals surface area contributed by atoms with Gasteiger partial charge >= 0.3 is 0 Å². The molecule has 2 fully saturated rings. The molecule has 1 unspecified atom stereocenters. The molecular formula is C15H21N3O. The first-order valence-electron chi connectivity index (χ1n) is 7.09. The van der Waals surface area contributed by atoms with Crippen molar-refractivity contribution in [2.75, 3.05) is 23.7 Å². The third-order valence-electron chi connectivity index (χ3n) is 4.06. The number of ketones is 1. The van der Waals surface area contributed by atoms with E-state index in [1.807, 2.05) is 18.2 Å². The smallest absolute Gasteiger partial charge is 0.166 e. The highest BCUT2D eigenvalue weighted by molar-refractivity contribution is 6.00. The van der Waals surface area contributed by atoms with Crippen molar-refractivity contribution >= 4 is 17.2 Å². The van der Waals surface area contributed by atoms with E-state index in [-0.39, 0.29) is 17.7 Å². The molecule has 0 amide bonds. The minimum Gasteiger partial charge on any atom is -0.397 e. The van der Waals surface area contributed by atoms with Gasteiger partial charge in [-0.2, -0.15) is 0 Å². The summed E-state index contributed by atoms with van der Waals surface area (Å²) in [7, 11) is 0. The van der Waals surface area contributed by atoms with Crippen LogP contribution in [-0.2, 0) is 0 Å². The Hall–Kier alpha value is -1.55. The van der Waals surface area contributed by atoms with Crippen molar-refractivity contribution in [2.24, 2.45) is 11.7 Å². The molecule has 2 aliphatic rings. The molecule has 3 rings (SSSR count). The van der Waals surface area contributed by atoms with Gasteiger partial charge in [-0.1, -0.05) is 0 Å². The number of hydrogen-bond acceptors (Lipinski definition) is 4. The summed E-state index contributed by atoms with van der Waals surface area (Å²) >= 11 is 0. The van der Waals surface area contributed by atoms with Crippen molar-refractivity contribution in [1.82, 2.24) is 0 Å². The molecule has 1 aromatic rings. The lowest BCUT2D eigenvalue weighted by Crippen LogP contribution is -2.43. The number of hydrogen-bond donors (Lipinski definition) is 2. The number of carbonyl (C=O) groups excluding carboxylic acids is 1. The zero-order valence-corrected chi connectivity index (χ0v) is 11.1. The molecule has 0 spiro atoms. The third kappa shape index (κ3) is 2.59. The summed E-state index contributed by atoms with van der Waals surface area (Å²) in [5.74, 6) is 0.488. The number of nitrogens with two attached hydrogens (primary N) is 2. The zero-order chi connectivity index (χ0) is 13.4. The van der Waals surface area contributed by atoms with Crippen molar-refractivity contribution in [3.05, 3.63) is 23.8 Å². The van der Waals surface area contributed by atoms with Crippen LogP contribution in [0.25, 0.3) is 0 Å². The van der Waals surface area contributed by atoms with E-state index >= 15 is 0 Å². The van der Waals surface area contributed by atoms with Gasteiger partial charge in [0.25, 0.3) is 0 Å². The Morgan fingerprint density at radius 1 is 1.26 bits per heavy atom. The van der Waals surface area contributed by atoms with E-state index in [1.165, 1.54) is 0 Å². The summed E-state index contributed by atoms with van der Waals surface area (Å²) in [5.41, 5.74) is 14.6. The van der Waals surface area contributed by atoms with Gasteiger partial charge in [0, 0.05) is 30.6 Å². The van der Waals surface area contributed by atoms with Crippen molar-refractivity contribution in [1.29, 1.82) is 0 Å². The Bertz CT molecular complexity index is 496. The Morgan fingerprint density at radius 2 is 2.05 bits per heavy atom. The molecule has 1 aliphatic heterocycles. The van der Waals surface area contributed by atoms with Crippen molar-refractivity contribution in [3.8, 4) is 0 Å². The topological polar surface area (TPSA) is 72.4 Å². The van der Waals surface area contributed by atoms with Gasteiger partial charge in [0.1, 0.15) is 0 Å². The molecule has 1 aromatic carbocycles. The molecule has 4 heteroatoms. The summed E-state index contributed by atoms with van der Waals surface area (Å²) in [6, 6.07) is 5.94. The van der Waals surface area contributed by atoms with E-state index in [9.17, 15) is 4.79 Å². The molecule has 102 valence electrons. The van der Waals surface area contributed by atoms with Crippen LogP contribution in [0.4, 0.5) is 11.4 Å². The van der Waals surface area contributed by atoms with Gasteiger partial charge in [-0.25, -0.2) is 0 Å². The predicted molar refractivity (Wildman–Crippen MR) is 77.3 cm³/mol. The van der Waals surface area contributed by atoms with E-state index in [2.05, 4.69) is 4.90 Å². The van der Waals surface area contributed by atoms with Crippen LogP contribution < -0.4 is 16.4 Å². The number of nitrogen functional groups attached to an aromatic ring is 1. The number of benzene rings is 1. The lowest BCUT2D eigenvalue weighted by molar-refractivity contribution is 0.0967. The lowest BCUT2D eigenvalue weighted by atomic mass is 10.0. The highest BCUT2D eigenvalue weighted by atomic mass is 16.1.